The number of benzene rings is 1. The van der Waals surface area contributed by atoms with E-state index in [-0.39, 0.29) is 10.6 Å². The number of hydrogen-bond acceptors (Lipinski definition) is 4. The predicted octanol–water partition coefficient (Wildman–Crippen LogP) is 2.77. The summed E-state index contributed by atoms with van der Waals surface area (Å²) in [5.74, 6) is 0. The molecule has 1 aromatic rings. The number of nitrogens with zero attached hydrogens (tertiary/aromatic N) is 3. The van der Waals surface area contributed by atoms with Gasteiger partial charge in [-0.05, 0) is 31.0 Å². The Labute approximate surface area is 126 Å². The SMILES string of the molecule is O=[N+]([O-])c1cc(CBr)ccc1N1CCN2CCCC2C1. The molecule has 0 bridgehead atoms. The van der Waals surface area contributed by atoms with E-state index in [4.69, 9.17) is 0 Å². The third kappa shape index (κ3) is 2.54. The van der Waals surface area contributed by atoms with Crippen LogP contribution in [0.25, 0.3) is 0 Å². The van der Waals surface area contributed by atoms with Crippen molar-refractivity contribution in [1.29, 1.82) is 0 Å². The summed E-state index contributed by atoms with van der Waals surface area (Å²) in [6.07, 6.45) is 2.47. The van der Waals surface area contributed by atoms with Gasteiger partial charge in [-0.3, -0.25) is 15.0 Å². The van der Waals surface area contributed by atoms with E-state index in [9.17, 15) is 10.1 Å². The molecule has 0 spiro atoms. The van der Waals surface area contributed by atoms with E-state index in [2.05, 4.69) is 25.7 Å². The van der Waals surface area contributed by atoms with Crippen molar-refractivity contribution < 1.29 is 4.92 Å². The molecule has 0 amide bonds. The van der Waals surface area contributed by atoms with Gasteiger partial charge in [-0.2, -0.15) is 0 Å². The van der Waals surface area contributed by atoms with Crippen molar-refractivity contribution in [3.05, 3.63) is 33.9 Å². The van der Waals surface area contributed by atoms with Crippen LogP contribution < -0.4 is 4.90 Å². The second-order valence-electron chi connectivity index (χ2n) is 5.49. The number of piperazine rings is 1. The summed E-state index contributed by atoms with van der Waals surface area (Å²) >= 11 is 3.36. The van der Waals surface area contributed by atoms with Crippen LogP contribution in [-0.4, -0.2) is 42.0 Å². The Morgan fingerprint density at radius 1 is 1.35 bits per heavy atom. The zero-order chi connectivity index (χ0) is 14.1. The first kappa shape index (κ1) is 13.8. The maximum absolute atomic E-state index is 11.3. The molecule has 1 aromatic carbocycles. The molecule has 5 nitrogen and oxygen atoms in total. The zero-order valence-corrected chi connectivity index (χ0v) is 12.9. The van der Waals surface area contributed by atoms with Gasteiger partial charge in [-0.15, -0.1) is 0 Å². The lowest BCUT2D eigenvalue weighted by Gasteiger charge is -2.38. The first-order valence-corrected chi connectivity index (χ1v) is 8.13. The van der Waals surface area contributed by atoms with Gasteiger partial charge in [0.05, 0.1) is 4.92 Å². The second kappa shape index (κ2) is 5.69. The summed E-state index contributed by atoms with van der Waals surface area (Å²) in [5.41, 5.74) is 1.94. The quantitative estimate of drug-likeness (QED) is 0.482. The van der Waals surface area contributed by atoms with Gasteiger partial charge in [0.2, 0.25) is 0 Å². The summed E-state index contributed by atoms with van der Waals surface area (Å²) in [4.78, 5) is 15.7. The number of rotatable bonds is 3. The number of alkyl halides is 1. The van der Waals surface area contributed by atoms with Crippen LogP contribution in [0.3, 0.4) is 0 Å². The summed E-state index contributed by atoms with van der Waals surface area (Å²) in [5, 5.41) is 12.0. The number of halogens is 1. The molecule has 108 valence electrons. The molecule has 1 unspecified atom stereocenters. The molecule has 20 heavy (non-hydrogen) atoms. The van der Waals surface area contributed by atoms with Gasteiger partial charge in [0, 0.05) is 37.1 Å². The van der Waals surface area contributed by atoms with Crippen molar-refractivity contribution in [2.24, 2.45) is 0 Å². The van der Waals surface area contributed by atoms with E-state index in [0.29, 0.717) is 11.4 Å². The maximum Gasteiger partial charge on any atom is 0.292 e. The topological polar surface area (TPSA) is 49.6 Å². The third-order valence-corrected chi connectivity index (χ3v) is 4.97. The van der Waals surface area contributed by atoms with Gasteiger partial charge in [-0.1, -0.05) is 22.0 Å². The molecule has 1 atom stereocenters. The van der Waals surface area contributed by atoms with Crippen LogP contribution in [-0.2, 0) is 5.33 Å². The smallest absolute Gasteiger partial charge is 0.292 e. The Bertz CT molecular complexity index is 523. The molecule has 2 aliphatic rings. The molecular weight excluding hydrogens is 322 g/mol. The van der Waals surface area contributed by atoms with Crippen molar-refractivity contribution in [3.8, 4) is 0 Å². The molecule has 2 heterocycles. The van der Waals surface area contributed by atoms with Crippen molar-refractivity contribution in [2.45, 2.75) is 24.2 Å². The molecule has 0 radical (unpaired) electrons. The lowest BCUT2D eigenvalue weighted by molar-refractivity contribution is -0.384. The van der Waals surface area contributed by atoms with Crippen LogP contribution in [0.15, 0.2) is 18.2 Å². The van der Waals surface area contributed by atoms with Crippen LogP contribution in [0, 0.1) is 10.1 Å². The fourth-order valence-corrected chi connectivity index (χ4v) is 3.62. The molecule has 2 aliphatic heterocycles. The second-order valence-corrected chi connectivity index (χ2v) is 6.05. The van der Waals surface area contributed by atoms with E-state index in [1.54, 1.807) is 6.07 Å². The van der Waals surface area contributed by atoms with Crippen LogP contribution >= 0.6 is 15.9 Å². The minimum atomic E-state index is -0.261. The first-order chi connectivity index (χ1) is 9.69. The minimum absolute atomic E-state index is 0.230. The highest BCUT2D eigenvalue weighted by atomic mass is 79.9. The van der Waals surface area contributed by atoms with E-state index < -0.39 is 0 Å². The first-order valence-electron chi connectivity index (χ1n) is 7.01. The summed E-state index contributed by atoms with van der Waals surface area (Å²) in [6.45, 7) is 3.99. The van der Waals surface area contributed by atoms with E-state index in [1.807, 2.05) is 12.1 Å². The number of fused-ring (bicyclic) bond motifs is 1. The molecule has 0 saturated carbocycles. The Hall–Kier alpha value is -1.14. The van der Waals surface area contributed by atoms with Gasteiger partial charge in [-0.25, -0.2) is 0 Å². The normalized spacial score (nSPS) is 22.9. The Morgan fingerprint density at radius 3 is 2.95 bits per heavy atom. The van der Waals surface area contributed by atoms with Crippen molar-refractivity contribution >= 4 is 27.3 Å². The minimum Gasteiger partial charge on any atom is -0.363 e. The molecule has 2 fully saturated rings. The fraction of sp³-hybridized carbons (Fsp3) is 0.571. The number of anilines is 1. The van der Waals surface area contributed by atoms with Crippen molar-refractivity contribution in [1.82, 2.24) is 4.90 Å². The zero-order valence-electron chi connectivity index (χ0n) is 11.3. The van der Waals surface area contributed by atoms with Gasteiger partial charge >= 0.3 is 0 Å². The average Bonchev–Trinajstić information content (AvgIpc) is 2.93. The summed E-state index contributed by atoms with van der Waals surface area (Å²) in [6, 6.07) is 6.13. The van der Waals surface area contributed by atoms with Gasteiger partial charge in [0.1, 0.15) is 5.69 Å². The van der Waals surface area contributed by atoms with Gasteiger partial charge in [0.15, 0.2) is 0 Å². The van der Waals surface area contributed by atoms with Crippen molar-refractivity contribution in [2.75, 3.05) is 31.1 Å². The standard InChI is InChI=1S/C14H18BrN3O2/c15-9-11-3-4-13(14(8-11)18(19)20)17-7-6-16-5-1-2-12(16)10-17/h3-4,8,12H,1-2,5-7,9-10H2. The van der Waals surface area contributed by atoms with Crippen LogP contribution in [0.4, 0.5) is 11.4 Å². The predicted molar refractivity (Wildman–Crippen MR) is 82.5 cm³/mol. The lowest BCUT2D eigenvalue weighted by atomic mass is 10.1. The van der Waals surface area contributed by atoms with Gasteiger partial charge < -0.3 is 4.90 Å². The van der Waals surface area contributed by atoms with E-state index in [1.165, 1.54) is 19.4 Å². The Morgan fingerprint density at radius 2 is 2.20 bits per heavy atom. The summed E-state index contributed by atoms with van der Waals surface area (Å²) in [7, 11) is 0. The molecule has 0 aromatic heterocycles. The highest BCUT2D eigenvalue weighted by molar-refractivity contribution is 9.08. The highest BCUT2D eigenvalue weighted by Crippen LogP contribution is 2.33. The largest absolute Gasteiger partial charge is 0.363 e. The van der Waals surface area contributed by atoms with E-state index in [0.717, 1.165) is 30.9 Å². The molecular formula is C14H18BrN3O2. The average molecular weight is 340 g/mol. The third-order valence-electron chi connectivity index (χ3n) is 4.32. The lowest BCUT2D eigenvalue weighted by Crippen LogP contribution is -2.50. The Kier molecular flexibility index (Phi) is 3.94. The van der Waals surface area contributed by atoms with Crippen LogP contribution in [0.5, 0.6) is 0 Å². The monoisotopic (exact) mass is 339 g/mol. The molecule has 2 saturated heterocycles. The summed E-state index contributed by atoms with van der Waals surface area (Å²) < 4.78 is 0. The number of hydrogen-bond donors (Lipinski definition) is 0. The molecule has 3 rings (SSSR count). The fourth-order valence-electron chi connectivity index (χ4n) is 3.28. The van der Waals surface area contributed by atoms with Gasteiger partial charge in [0.25, 0.3) is 5.69 Å². The van der Waals surface area contributed by atoms with Crippen LogP contribution in [0.2, 0.25) is 0 Å². The molecule has 0 N–H and O–H groups in total. The van der Waals surface area contributed by atoms with E-state index >= 15 is 0 Å². The number of nitro benzene ring substituents is 1. The Balaban J connectivity index is 1.87. The van der Waals surface area contributed by atoms with Crippen molar-refractivity contribution in [3.63, 3.8) is 0 Å². The maximum atomic E-state index is 11.3. The molecule has 6 heteroatoms. The molecule has 0 aliphatic carbocycles. The van der Waals surface area contributed by atoms with Crippen LogP contribution in [0.1, 0.15) is 18.4 Å². The number of nitro groups is 1. The highest BCUT2D eigenvalue weighted by Gasteiger charge is 2.32.